The molecule has 0 atom stereocenters. The van der Waals surface area contributed by atoms with Gasteiger partial charge in [-0.1, -0.05) is 78.1 Å². The number of hydrogen-bond acceptors (Lipinski definition) is 6. The van der Waals surface area contributed by atoms with Crippen LogP contribution in [0.2, 0.25) is 0 Å². The van der Waals surface area contributed by atoms with E-state index in [9.17, 15) is 9.59 Å². The molecule has 0 aliphatic carbocycles. The van der Waals surface area contributed by atoms with Gasteiger partial charge in [0, 0.05) is 12.2 Å². The monoisotopic (exact) mass is 486 g/mol. The maximum atomic E-state index is 11.4. The summed E-state index contributed by atoms with van der Waals surface area (Å²) >= 11 is 0. The van der Waals surface area contributed by atoms with Crippen molar-refractivity contribution >= 4 is 11.9 Å². The molecule has 0 rings (SSSR count). The molecule has 0 aromatic heterocycles. The molecule has 202 valence electrons. The summed E-state index contributed by atoms with van der Waals surface area (Å²) in [6, 6.07) is 0. The Morgan fingerprint density at radius 3 is 1.12 bits per heavy atom. The number of rotatable bonds is 17. The molecule has 0 fully saturated rings. The predicted octanol–water partition coefficient (Wildman–Crippen LogP) is 7.88. The lowest BCUT2D eigenvalue weighted by Gasteiger charge is -2.24. The van der Waals surface area contributed by atoms with Gasteiger partial charge in [0.2, 0.25) is 0 Å². The first-order valence-electron chi connectivity index (χ1n) is 13.3. The van der Waals surface area contributed by atoms with Gasteiger partial charge in [-0.25, -0.2) is 19.4 Å². The van der Waals surface area contributed by atoms with E-state index in [1.54, 1.807) is 0 Å². The molecule has 0 amide bonds. The van der Waals surface area contributed by atoms with Gasteiger partial charge in [-0.05, 0) is 54.4 Å². The average molecular weight is 487 g/mol. The van der Waals surface area contributed by atoms with E-state index in [4.69, 9.17) is 19.2 Å². The van der Waals surface area contributed by atoms with Gasteiger partial charge in [-0.15, -0.1) is 0 Å². The first-order chi connectivity index (χ1) is 15.9. The van der Waals surface area contributed by atoms with Gasteiger partial charge in [0.15, 0.2) is 0 Å². The highest BCUT2D eigenvalue weighted by Crippen LogP contribution is 2.14. The lowest BCUT2D eigenvalue weighted by Crippen LogP contribution is -2.27. The van der Waals surface area contributed by atoms with Crippen LogP contribution in [-0.2, 0) is 28.8 Å². The maximum absolute atomic E-state index is 11.4. The quantitative estimate of drug-likeness (QED) is 0.0684. The Kier molecular flexibility index (Phi) is 22.6. The van der Waals surface area contributed by atoms with E-state index in [0.29, 0.717) is 13.2 Å². The molecule has 0 spiro atoms. The molecule has 0 aliphatic rings. The van der Waals surface area contributed by atoms with Gasteiger partial charge in [0.05, 0.1) is 24.4 Å². The Morgan fingerprint density at radius 2 is 0.824 bits per heavy atom. The van der Waals surface area contributed by atoms with Gasteiger partial charge in [0.1, 0.15) is 0 Å². The van der Waals surface area contributed by atoms with Crippen LogP contribution in [-0.4, -0.2) is 36.4 Å². The largest absolute Gasteiger partial charge is 0.463 e. The van der Waals surface area contributed by atoms with Crippen LogP contribution in [0.25, 0.3) is 0 Å². The molecule has 0 bridgehead atoms. The van der Waals surface area contributed by atoms with Gasteiger partial charge < -0.3 is 9.47 Å². The van der Waals surface area contributed by atoms with Crippen molar-refractivity contribution in [2.45, 2.75) is 144 Å². The second-order valence-electron chi connectivity index (χ2n) is 10.6. The summed E-state index contributed by atoms with van der Waals surface area (Å²) in [5, 5.41) is 0. The molecule has 0 heterocycles. The smallest absolute Gasteiger partial charge is 0.331 e. The zero-order valence-corrected chi connectivity index (χ0v) is 23.5. The fraction of sp³-hybridized carbons (Fsp3) is 0.857. The molecule has 6 heteroatoms. The van der Waals surface area contributed by atoms with E-state index < -0.39 is 11.9 Å². The summed E-state index contributed by atoms with van der Waals surface area (Å²) in [5.74, 6) is -0.944. The summed E-state index contributed by atoms with van der Waals surface area (Å²) in [5.41, 5.74) is -0.430. The summed E-state index contributed by atoms with van der Waals surface area (Å²) in [7, 11) is 0. The SMILES string of the molecule is CC(C)(C)OOC(C)(C)C.CCCCCCCCOC(=O)/C=C\C(=O)OCCCCCCCC. The van der Waals surface area contributed by atoms with Crippen LogP contribution < -0.4 is 0 Å². The summed E-state index contributed by atoms with van der Waals surface area (Å²) in [6.45, 7) is 17.0. The second kappa shape index (κ2) is 22.1. The molecule has 0 aliphatic heterocycles. The van der Waals surface area contributed by atoms with Crippen molar-refractivity contribution in [2.75, 3.05) is 13.2 Å². The van der Waals surface area contributed by atoms with Crippen LogP contribution in [0, 0.1) is 0 Å². The minimum absolute atomic E-state index is 0.215. The molecule has 0 aromatic rings. The zero-order chi connectivity index (χ0) is 26.3. The number of unbranched alkanes of at least 4 members (excludes halogenated alkanes) is 10. The van der Waals surface area contributed by atoms with Gasteiger partial charge >= 0.3 is 11.9 Å². The maximum Gasteiger partial charge on any atom is 0.331 e. The van der Waals surface area contributed by atoms with Crippen molar-refractivity contribution in [3.8, 4) is 0 Å². The number of hydrogen-bond donors (Lipinski definition) is 0. The molecule has 0 aromatic carbocycles. The Balaban J connectivity index is 0. The minimum Gasteiger partial charge on any atom is -0.463 e. The van der Waals surface area contributed by atoms with E-state index in [0.717, 1.165) is 37.8 Å². The van der Waals surface area contributed by atoms with Crippen molar-refractivity contribution < 1.29 is 28.8 Å². The third-order valence-electron chi connectivity index (χ3n) is 4.38. The van der Waals surface area contributed by atoms with Crippen LogP contribution in [0.15, 0.2) is 12.2 Å². The third-order valence-corrected chi connectivity index (χ3v) is 4.38. The van der Waals surface area contributed by atoms with Crippen LogP contribution in [0.1, 0.15) is 132 Å². The minimum atomic E-state index is -0.472. The van der Waals surface area contributed by atoms with Gasteiger partial charge in [-0.3, -0.25) is 0 Å². The van der Waals surface area contributed by atoms with Crippen molar-refractivity contribution in [3.63, 3.8) is 0 Å². The molecule has 0 radical (unpaired) electrons. The summed E-state index contributed by atoms with van der Waals surface area (Å²) < 4.78 is 10.1. The fourth-order valence-corrected chi connectivity index (χ4v) is 2.59. The highest BCUT2D eigenvalue weighted by Gasteiger charge is 2.18. The van der Waals surface area contributed by atoms with Crippen LogP contribution in [0.3, 0.4) is 0 Å². The Bertz CT molecular complexity index is 468. The number of carbonyl (C=O) groups is 2. The van der Waals surface area contributed by atoms with Crippen molar-refractivity contribution in [1.29, 1.82) is 0 Å². The Labute approximate surface area is 210 Å². The predicted molar refractivity (Wildman–Crippen MR) is 139 cm³/mol. The van der Waals surface area contributed by atoms with Gasteiger partial charge in [-0.2, -0.15) is 0 Å². The van der Waals surface area contributed by atoms with E-state index in [-0.39, 0.29) is 11.2 Å². The highest BCUT2D eigenvalue weighted by molar-refractivity contribution is 5.91. The van der Waals surface area contributed by atoms with Crippen LogP contribution in [0.4, 0.5) is 0 Å². The van der Waals surface area contributed by atoms with Crippen LogP contribution >= 0.6 is 0 Å². The molecule has 0 saturated carbocycles. The topological polar surface area (TPSA) is 71.1 Å². The third kappa shape index (κ3) is 32.8. The molecule has 0 unspecified atom stereocenters. The summed E-state index contributed by atoms with van der Waals surface area (Å²) in [6.07, 6.45) is 16.1. The van der Waals surface area contributed by atoms with Gasteiger partial charge in [0.25, 0.3) is 0 Å². The normalized spacial score (nSPS) is 11.8. The molecular formula is C28H54O6. The lowest BCUT2D eigenvalue weighted by atomic mass is 10.1. The van der Waals surface area contributed by atoms with Crippen molar-refractivity contribution in [1.82, 2.24) is 0 Å². The second-order valence-corrected chi connectivity index (χ2v) is 10.6. The molecule has 34 heavy (non-hydrogen) atoms. The van der Waals surface area contributed by atoms with Crippen molar-refractivity contribution in [2.24, 2.45) is 0 Å². The molecule has 0 N–H and O–H groups in total. The molecule has 6 nitrogen and oxygen atoms in total. The van der Waals surface area contributed by atoms with Crippen LogP contribution in [0.5, 0.6) is 0 Å². The molecule has 0 saturated heterocycles. The highest BCUT2D eigenvalue weighted by atomic mass is 17.2. The first kappa shape index (κ1) is 34.8. The first-order valence-corrected chi connectivity index (χ1v) is 13.3. The number of esters is 2. The standard InChI is InChI=1S/C20H36O4.C8H18O2/c1-3-5-7-9-11-13-17-23-19(21)15-16-20(22)24-18-14-12-10-8-6-4-2;1-7(2,3)9-10-8(4,5)6/h15-16H,3-14,17-18H2,1-2H3;1-6H3/b16-15-;. The fourth-order valence-electron chi connectivity index (χ4n) is 2.59. The van der Waals surface area contributed by atoms with E-state index in [1.807, 2.05) is 41.5 Å². The molecular weight excluding hydrogens is 432 g/mol. The zero-order valence-electron chi connectivity index (χ0n) is 23.5. The number of ether oxygens (including phenoxy) is 2. The number of carbonyl (C=O) groups excluding carboxylic acids is 2. The Hall–Kier alpha value is -1.40. The Morgan fingerprint density at radius 1 is 0.529 bits per heavy atom. The van der Waals surface area contributed by atoms with E-state index in [1.165, 1.54) is 51.4 Å². The van der Waals surface area contributed by atoms with E-state index in [2.05, 4.69) is 13.8 Å². The lowest BCUT2D eigenvalue weighted by molar-refractivity contribution is -0.393. The average Bonchev–Trinajstić information content (AvgIpc) is 2.74. The van der Waals surface area contributed by atoms with Crippen molar-refractivity contribution in [3.05, 3.63) is 12.2 Å². The summed E-state index contributed by atoms with van der Waals surface area (Å²) in [4.78, 5) is 33.1. The van der Waals surface area contributed by atoms with E-state index >= 15 is 0 Å².